The van der Waals surface area contributed by atoms with Gasteiger partial charge in [0.15, 0.2) is 0 Å². The van der Waals surface area contributed by atoms with Gasteiger partial charge in [-0.1, -0.05) is 6.92 Å². The lowest BCUT2D eigenvalue weighted by atomic mass is 9.45. The van der Waals surface area contributed by atoms with E-state index in [4.69, 9.17) is 0 Å². The van der Waals surface area contributed by atoms with Gasteiger partial charge in [-0.3, -0.25) is 0 Å². The first kappa shape index (κ1) is 10.1. The molecule has 0 saturated heterocycles. The maximum Gasteiger partial charge on any atom is 0.0658 e. The largest absolute Gasteiger partial charge is 0.396 e. The molecule has 4 bridgehead atoms. The van der Waals surface area contributed by atoms with Crippen LogP contribution in [0.15, 0.2) is 0 Å². The second kappa shape index (κ2) is 2.98. The fourth-order valence-corrected chi connectivity index (χ4v) is 5.05. The second-order valence-corrected chi connectivity index (χ2v) is 6.63. The first-order chi connectivity index (χ1) is 7.05. The highest BCUT2D eigenvalue weighted by Gasteiger charge is 2.58. The summed E-state index contributed by atoms with van der Waals surface area (Å²) >= 11 is 0. The Labute approximate surface area is 91.7 Å². The minimum absolute atomic E-state index is 0.271. The Morgan fingerprint density at radius 2 is 1.80 bits per heavy atom. The summed E-state index contributed by atoms with van der Waals surface area (Å²) in [6, 6.07) is 0. The molecule has 86 valence electrons. The normalized spacial score (nSPS) is 54.6. The molecule has 0 aliphatic heterocycles. The Morgan fingerprint density at radius 1 is 1.20 bits per heavy atom. The minimum Gasteiger partial charge on any atom is -0.396 e. The van der Waals surface area contributed by atoms with E-state index in [0.29, 0.717) is 5.92 Å². The highest BCUT2D eigenvalue weighted by Crippen LogP contribution is 2.63. The van der Waals surface area contributed by atoms with Crippen LogP contribution in [0.1, 0.15) is 45.4 Å². The summed E-state index contributed by atoms with van der Waals surface area (Å²) in [4.78, 5) is 0. The Balaban J connectivity index is 1.92. The third kappa shape index (κ3) is 1.38. The first-order valence-electron chi connectivity index (χ1n) is 6.38. The molecule has 0 spiro atoms. The maximum absolute atomic E-state index is 10.5. The van der Waals surface area contributed by atoms with Gasteiger partial charge in [0.05, 0.1) is 5.60 Å². The van der Waals surface area contributed by atoms with Crippen molar-refractivity contribution in [3.63, 3.8) is 0 Å². The van der Waals surface area contributed by atoms with E-state index in [0.717, 1.165) is 31.1 Å². The van der Waals surface area contributed by atoms with Gasteiger partial charge >= 0.3 is 0 Å². The summed E-state index contributed by atoms with van der Waals surface area (Å²) in [5, 5.41) is 19.9. The number of aliphatic hydroxyl groups is 2. The monoisotopic (exact) mass is 210 g/mol. The topological polar surface area (TPSA) is 40.5 Å². The van der Waals surface area contributed by atoms with E-state index in [1.165, 1.54) is 19.3 Å². The molecule has 3 atom stereocenters. The smallest absolute Gasteiger partial charge is 0.0658 e. The van der Waals surface area contributed by atoms with Crippen molar-refractivity contribution in [3.8, 4) is 0 Å². The van der Waals surface area contributed by atoms with E-state index in [9.17, 15) is 10.2 Å². The van der Waals surface area contributed by atoms with E-state index in [1.807, 2.05) is 0 Å². The van der Waals surface area contributed by atoms with E-state index < -0.39 is 0 Å². The zero-order valence-corrected chi connectivity index (χ0v) is 9.58. The van der Waals surface area contributed by atoms with E-state index >= 15 is 0 Å². The molecule has 0 aromatic heterocycles. The number of rotatable bonds is 2. The average Bonchev–Trinajstić information content (AvgIpc) is 2.12. The summed E-state index contributed by atoms with van der Waals surface area (Å²) < 4.78 is 0. The predicted octanol–water partition coefficient (Wildman–Crippen LogP) is 1.95. The average molecular weight is 210 g/mol. The van der Waals surface area contributed by atoms with Gasteiger partial charge in [-0.2, -0.15) is 0 Å². The van der Waals surface area contributed by atoms with Crippen LogP contribution in [-0.4, -0.2) is 22.4 Å². The molecule has 0 heterocycles. The molecule has 4 rings (SSSR count). The van der Waals surface area contributed by atoms with Gasteiger partial charge in [-0.15, -0.1) is 0 Å². The Bertz CT molecular complexity index is 260. The molecule has 4 aliphatic rings. The van der Waals surface area contributed by atoms with Crippen molar-refractivity contribution < 1.29 is 10.2 Å². The van der Waals surface area contributed by atoms with Gasteiger partial charge in [0, 0.05) is 6.61 Å². The molecule has 0 aromatic carbocycles. The van der Waals surface area contributed by atoms with Crippen LogP contribution in [0.5, 0.6) is 0 Å². The predicted molar refractivity (Wildman–Crippen MR) is 58.3 cm³/mol. The first-order valence-corrected chi connectivity index (χ1v) is 6.38. The highest BCUT2D eigenvalue weighted by molar-refractivity contribution is 5.09. The van der Waals surface area contributed by atoms with Crippen LogP contribution in [0.25, 0.3) is 0 Å². The molecular weight excluding hydrogens is 188 g/mol. The van der Waals surface area contributed by atoms with Crippen molar-refractivity contribution in [1.29, 1.82) is 0 Å². The number of hydrogen-bond acceptors (Lipinski definition) is 2. The van der Waals surface area contributed by atoms with E-state index in [2.05, 4.69) is 6.92 Å². The van der Waals surface area contributed by atoms with Crippen LogP contribution >= 0.6 is 0 Å². The van der Waals surface area contributed by atoms with Crippen LogP contribution < -0.4 is 0 Å². The van der Waals surface area contributed by atoms with Gasteiger partial charge in [0.2, 0.25) is 0 Å². The van der Waals surface area contributed by atoms with Crippen molar-refractivity contribution in [2.45, 2.75) is 51.0 Å². The maximum atomic E-state index is 10.5. The quantitative estimate of drug-likeness (QED) is 0.731. The molecule has 4 saturated carbocycles. The minimum atomic E-state index is -0.368. The summed E-state index contributed by atoms with van der Waals surface area (Å²) in [7, 11) is 0. The zero-order valence-electron chi connectivity index (χ0n) is 9.58. The van der Waals surface area contributed by atoms with Crippen LogP contribution in [0.2, 0.25) is 0 Å². The summed E-state index contributed by atoms with van der Waals surface area (Å²) in [5.74, 6) is 1.85. The molecule has 2 N–H and O–H groups in total. The van der Waals surface area contributed by atoms with Crippen molar-refractivity contribution in [2.24, 2.45) is 23.2 Å². The highest BCUT2D eigenvalue weighted by atomic mass is 16.3. The van der Waals surface area contributed by atoms with E-state index in [1.54, 1.807) is 0 Å². The van der Waals surface area contributed by atoms with Crippen LogP contribution in [-0.2, 0) is 0 Å². The Kier molecular flexibility index (Phi) is 2.01. The van der Waals surface area contributed by atoms with Crippen LogP contribution in [0.4, 0.5) is 0 Å². The molecule has 0 radical (unpaired) electrons. The molecule has 0 amide bonds. The number of aliphatic hydroxyl groups excluding tert-OH is 1. The molecule has 2 heteroatoms. The van der Waals surface area contributed by atoms with Crippen LogP contribution in [0, 0.1) is 23.2 Å². The van der Waals surface area contributed by atoms with Gasteiger partial charge in [-0.05, 0) is 61.7 Å². The third-order valence-corrected chi connectivity index (χ3v) is 5.39. The molecule has 3 unspecified atom stereocenters. The van der Waals surface area contributed by atoms with Crippen molar-refractivity contribution in [3.05, 3.63) is 0 Å². The SMILES string of the molecule is CC(CO)C12CC3CC(CC(O)(C3)C1)C2. The third-order valence-electron chi connectivity index (χ3n) is 5.39. The van der Waals surface area contributed by atoms with Gasteiger partial charge in [0.25, 0.3) is 0 Å². The van der Waals surface area contributed by atoms with Crippen LogP contribution in [0.3, 0.4) is 0 Å². The van der Waals surface area contributed by atoms with Crippen molar-refractivity contribution >= 4 is 0 Å². The molecule has 4 aliphatic carbocycles. The lowest BCUT2D eigenvalue weighted by molar-refractivity contribution is -0.183. The molecule has 2 nitrogen and oxygen atoms in total. The van der Waals surface area contributed by atoms with E-state index in [-0.39, 0.29) is 17.6 Å². The summed E-state index contributed by atoms with van der Waals surface area (Å²) in [6.07, 6.45) is 6.87. The molecule has 15 heavy (non-hydrogen) atoms. The standard InChI is InChI=1S/C13H22O2/c1-9(7-14)12-3-10-2-11(4-12)6-13(15,5-10)8-12/h9-11,14-15H,2-8H2,1H3. The lowest BCUT2D eigenvalue weighted by Gasteiger charge is -2.62. The number of hydrogen-bond donors (Lipinski definition) is 2. The lowest BCUT2D eigenvalue weighted by Crippen LogP contribution is -2.57. The molecule has 4 fully saturated rings. The summed E-state index contributed by atoms with van der Waals surface area (Å²) in [6.45, 7) is 2.45. The van der Waals surface area contributed by atoms with Gasteiger partial charge < -0.3 is 10.2 Å². The van der Waals surface area contributed by atoms with Gasteiger partial charge in [0.1, 0.15) is 0 Å². The zero-order chi connectivity index (χ0) is 10.7. The van der Waals surface area contributed by atoms with Gasteiger partial charge in [-0.25, -0.2) is 0 Å². The Hall–Kier alpha value is -0.0800. The second-order valence-electron chi connectivity index (χ2n) is 6.63. The molecular formula is C13H22O2. The fourth-order valence-electron chi connectivity index (χ4n) is 5.05. The summed E-state index contributed by atoms with van der Waals surface area (Å²) in [5.41, 5.74) is -0.0961. The fraction of sp³-hybridized carbons (Fsp3) is 1.00. The van der Waals surface area contributed by atoms with Crippen molar-refractivity contribution in [1.82, 2.24) is 0 Å². The van der Waals surface area contributed by atoms with Crippen molar-refractivity contribution in [2.75, 3.05) is 6.61 Å². The molecule has 0 aromatic rings. The Morgan fingerprint density at radius 3 is 2.27 bits per heavy atom.